The van der Waals surface area contributed by atoms with Crippen LogP contribution < -0.4 is 29.9 Å². The number of halogens is 5. The average Bonchev–Trinajstić information content (AvgIpc) is 3.18. The van der Waals surface area contributed by atoms with E-state index in [4.69, 9.17) is 9.47 Å². The van der Waals surface area contributed by atoms with Crippen LogP contribution in [0.1, 0.15) is 31.8 Å². The lowest BCUT2D eigenvalue weighted by atomic mass is 10.0. The van der Waals surface area contributed by atoms with Crippen molar-refractivity contribution in [2.75, 3.05) is 38.1 Å². The number of methoxy groups -OCH3 is 2. The fraction of sp³-hybridized carbons (Fsp3) is 0.200. The maximum absolute atomic E-state index is 15.3. The monoisotopic (exact) mass is 790 g/mol. The number of carbonyl (C=O) groups is 4. The summed E-state index contributed by atoms with van der Waals surface area (Å²) in [5.41, 5.74) is -0.452. The van der Waals surface area contributed by atoms with Crippen LogP contribution in [0.15, 0.2) is 91.3 Å². The highest BCUT2D eigenvalue weighted by molar-refractivity contribution is 6.05. The van der Waals surface area contributed by atoms with Gasteiger partial charge in [0.15, 0.2) is 0 Å². The number of rotatable bonds is 14. The minimum absolute atomic E-state index is 0.00900. The summed E-state index contributed by atoms with van der Waals surface area (Å²) in [6, 6.07) is 10.9. The SMILES string of the molecule is COc1ccc(N(C)C(=O)[C@H](Cc2cc(F)cc(F)c2)NC(=O)c2ccc(F)c(C(=O)N[C@@H](Cc3cc(F)cc(F)c3)C(=O)N(C)c3ccc(OC)nc3)c2)cn1. The zero-order valence-corrected chi connectivity index (χ0v) is 30.9. The molecule has 0 aliphatic carbocycles. The molecule has 0 aliphatic heterocycles. The van der Waals surface area contributed by atoms with Crippen molar-refractivity contribution in [2.24, 2.45) is 0 Å². The molecule has 0 aliphatic rings. The maximum atomic E-state index is 15.3. The van der Waals surface area contributed by atoms with Crippen molar-refractivity contribution in [3.63, 3.8) is 0 Å². The third kappa shape index (κ3) is 10.4. The average molecular weight is 791 g/mol. The van der Waals surface area contributed by atoms with Gasteiger partial charge in [0.1, 0.15) is 41.2 Å². The Hall–Kier alpha value is -6.91. The number of ether oxygens (including phenoxy) is 2. The van der Waals surface area contributed by atoms with Crippen molar-refractivity contribution in [2.45, 2.75) is 24.9 Å². The Morgan fingerprint density at radius 1 is 0.596 bits per heavy atom. The van der Waals surface area contributed by atoms with Gasteiger partial charge >= 0.3 is 0 Å². The number of amides is 4. The van der Waals surface area contributed by atoms with Gasteiger partial charge in [0.25, 0.3) is 11.8 Å². The summed E-state index contributed by atoms with van der Waals surface area (Å²) in [6.45, 7) is 0. The molecule has 2 N–H and O–H groups in total. The number of nitrogens with zero attached hydrogens (tertiary/aromatic N) is 4. The van der Waals surface area contributed by atoms with E-state index in [-0.39, 0.29) is 46.2 Å². The molecular formula is C40H35F5N6O6. The molecule has 0 spiro atoms. The molecule has 2 atom stereocenters. The summed E-state index contributed by atoms with van der Waals surface area (Å²) < 4.78 is 81.9. The topological polar surface area (TPSA) is 143 Å². The minimum Gasteiger partial charge on any atom is -0.481 e. The van der Waals surface area contributed by atoms with E-state index in [0.29, 0.717) is 12.1 Å². The van der Waals surface area contributed by atoms with Crippen LogP contribution in [-0.4, -0.2) is 74.0 Å². The zero-order chi connectivity index (χ0) is 41.4. The number of hydrogen-bond donors (Lipinski definition) is 2. The lowest BCUT2D eigenvalue weighted by Gasteiger charge is -2.25. The number of carbonyl (C=O) groups excluding carboxylic acids is 4. The first-order valence-corrected chi connectivity index (χ1v) is 17.0. The van der Waals surface area contributed by atoms with Gasteiger partial charge < -0.3 is 29.9 Å². The van der Waals surface area contributed by atoms with Crippen molar-refractivity contribution in [1.29, 1.82) is 0 Å². The van der Waals surface area contributed by atoms with Crippen molar-refractivity contribution < 1.29 is 50.6 Å². The summed E-state index contributed by atoms with van der Waals surface area (Å²) in [5.74, 6) is -7.97. The van der Waals surface area contributed by atoms with Gasteiger partial charge in [-0.2, -0.15) is 0 Å². The molecule has 57 heavy (non-hydrogen) atoms. The lowest BCUT2D eigenvalue weighted by Crippen LogP contribution is -2.49. The van der Waals surface area contributed by atoms with Crippen LogP contribution in [0.3, 0.4) is 0 Å². The van der Waals surface area contributed by atoms with E-state index in [1.165, 1.54) is 65.0 Å². The third-order valence-corrected chi connectivity index (χ3v) is 8.70. The first kappa shape index (κ1) is 41.3. The second-order valence-corrected chi connectivity index (χ2v) is 12.6. The van der Waals surface area contributed by atoms with Gasteiger partial charge in [-0.25, -0.2) is 31.9 Å². The van der Waals surface area contributed by atoms with E-state index in [1.807, 2.05) is 0 Å². The van der Waals surface area contributed by atoms with Crippen LogP contribution in [0.4, 0.5) is 33.3 Å². The Kier molecular flexibility index (Phi) is 13.1. The molecule has 0 radical (unpaired) electrons. The van der Waals surface area contributed by atoms with E-state index in [1.54, 1.807) is 0 Å². The summed E-state index contributed by atoms with van der Waals surface area (Å²) in [5, 5.41) is 4.91. The highest BCUT2D eigenvalue weighted by atomic mass is 19.1. The van der Waals surface area contributed by atoms with E-state index >= 15 is 4.39 Å². The van der Waals surface area contributed by atoms with E-state index < -0.39 is 76.8 Å². The zero-order valence-electron chi connectivity index (χ0n) is 30.9. The molecule has 0 bridgehead atoms. The normalized spacial score (nSPS) is 11.9. The molecule has 5 aromatic rings. The van der Waals surface area contributed by atoms with Crippen LogP contribution in [0, 0.1) is 29.1 Å². The Balaban J connectivity index is 1.42. The number of hydrogen-bond acceptors (Lipinski definition) is 8. The third-order valence-electron chi connectivity index (χ3n) is 8.70. The Labute approximate surface area is 323 Å². The van der Waals surface area contributed by atoms with Gasteiger partial charge in [0.05, 0.1) is 43.6 Å². The highest BCUT2D eigenvalue weighted by Crippen LogP contribution is 2.21. The summed E-state index contributed by atoms with van der Waals surface area (Å²) in [7, 11) is 5.54. The van der Waals surface area contributed by atoms with Crippen molar-refractivity contribution in [3.05, 3.63) is 143 Å². The Bertz CT molecular complexity index is 2240. The largest absolute Gasteiger partial charge is 0.481 e. The van der Waals surface area contributed by atoms with Crippen LogP contribution in [-0.2, 0) is 22.4 Å². The Morgan fingerprint density at radius 3 is 1.40 bits per heavy atom. The van der Waals surface area contributed by atoms with Crippen molar-refractivity contribution in [3.8, 4) is 11.8 Å². The molecule has 17 heteroatoms. The summed E-state index contributed by atoms with van der Waals surface area (Å²) in [6.07, 6.45) is 1.82. The molecule has 5 rings (SSSR count). The second-order valence-electron chi connectivity index (χ2n) is 12.6. The van der Waals surface area contributed by atoms with E-state index in [9.17, 15) is 36.7 Å². The summed E-state index contributed by atoms with van der Waals surface area (Å²) >= 11 is 0. The van der Waals surface area contributed by atoms with E-state index in [0.717, 1.165) is 52.3 Å². The fourth-order valence-corrected chi connectivity index (χ4v) is 5.75. The van der Waals surface area contributed by atoms with Crippen LogP contribution >= 0.6 is 0 Å². The first-order chi connectivity index (χ1) is 27.1. The number of pyridine rings is 2. The highest BCUT2D eigenvalue weighted by Gasteiger charge is 2.30. The molecule has 296 valence electrons. The summed E-state index contributed by atoms with van der Waals surface area (Å²) in [4.78, 5) is 65.3. The van der Waals surface area contributed by atoms with Gasteiger partial charge in [-0.3, -0.25) is 19.2 Å². The molecule has 0 saturated carbocycles. The van der Waals surface area contributed by atoms with Gasteiger partial charge in [0, 0.05) is 56.8 Å². The molecule has 3 aromatic carbocycles. The van der Waals surface area contributed by atoms with Crippen molar-refractivity contribution >= 4 is 35.0 Å². The van der Waals surface area contributed by atoms with E-state index in [2.05, 4.69) is 20.6 Å². The lowest BCUT2D eigenvalue weighted by molar-refractivity contribution is -0.120. The van der Waals surface area contributed by atoms with Gasteiger partial charge in [-0.05, 0) is 65.7 Å². The predicted molar refractivity (Wildman–Crippen MR) is 197 cm³/mol. The molecule has 0 unspecified atom stereocenters. The number of nitrogens with one attached hydrogen (secondary N) is 2. The fourth-order valence-electron chi connectivity index (χ4n) is 5.75. The minimum atomic E-state index is -1.53. The quantitative estimate of drug-likeness (QED) is 0.146. The standard InChI is InChI=1S/C40H35F5N6O6/c1-50(29-6-9-35(56-3)46-20-29)39(54)33(15-22-11-25(41)18-26(42)12-22)48-37(52)24-5-8-32(45)31(17-24)38(53)49-34(16-23-13-27(43)19-28(44)14-23)40(55)51(2)30-7-10-36(57-4)47-21-30/h5-14,17-21,33-34H,15-16H2,1-4H3,(H,48,52)(H,49,53)/t33-,34-/m0/s1. The molecule has 2 aromatic heterocycles. The van der Waals surface area contributed by atoms with Crippen molar-refractivity contribution in [1.82, 2.24) is 20.6 Å². The molecule has 12 nitrogen and oxygen atoms in total. The number of benzene rings is 3. The van der Waals surface area contributed by atoms with Crippen LogP contribution in [0.25, 0.3) is 0 Å². The van der Waals surface area contributed by atoms with Gasteiger partial charge in [0.2, 0.25) is 23.6 Å². The molecular weight excluding hydrogens is 755 g/mol. The number of aromatic nitrogens is 2. The second kappa shape index (κ2) is 18.1. The first-order valence-electron chi connectivity index (χ1n) is 17.0. The number of likely N-dealkylation sites (N-methyl/N-ethyl adjacent to an activating group) is 2. The van der Waals surface area contributed by atoms with Gasteiger partial charge in [-0.1, -0.05) is 0 Å². The molecule has 0 fully saturated rings. The maximum Gasteiger partial charge on any atom is 0.254 e. The Morgan fingerprint density at radius 2 is 1.02 bits per heavy atom. The molecule has 4 amide bonds. The molecule has 0 saturated heterocycles. The van der Waals surface area contributed by atoms with Gasteiger partial charge in [-0.15, -0.1) is 0 Å². The molecule has 2 heterocycles. The number of anilines is 2. The predicted octanol–water partition coefficient (Wildman–Crippen LogP) is 5.20. The van der Waals surface area contributed by atoms with Crippen LogP contribution in [0.5, 0.6) is 11.8 Å². The van der Waals surface area contributed by atoms with Crippen LogP contribution in [0.2, 0.25) is 0 Å². The smallest absolute Gasteiger partial charge is 0.254 e.